The van der Waals surface area contributed by atoms with Crippen LogP contribution in [0.15, 0.2) is 51.8 Å². The monoisotopic (exact) mass is 438 g/mol. The Morgan fingerprint density at radius 1 is 1.08 bits per heavy atom. The molecular weight excluding hydrogens is 428 g/mol. The molecule has 8 nitrogen and oxygen atoms in total. The highest BCUT2D eigenvalue weighted by Gasteiger charge is 2.36. The Hall–Kier alpha value is -2.56. The number of benzene rings is 2. The number of rotatable bonds is 4. The van der Waals surface area contributed by atoms with Gasteiger partial charge in [0, 0.05) is 4.47 Å². The third kappa shape index (κ3) is 3.26. The summed E-state index contributed by atoms with van der Waals surface area (Å²) in [5.41, 5.74) is 0.352. The van der Waals surface area contributed by atoms with Gasteiger partial charge >= 0.3 is 5.97 Å². The Morgan fingerprint density at radius 2 is 1.65 bits per heavy atom. The number of imide groups is 1. The van der Waals surface area contributed by atoms with E-state index in [0.717, 1.165) is 11.0 Å². The fraction of sp³-hybridized carbons (Fsp3) is 0.0625. The minimum atomic E-state index is -4.01. The molecule has 26 heavy (non-hydrogen) atoms. The number of halogens is 1. The van der Waals surface area contributed by atoms with Crippen molar-refractivity contribution in [2.24, 2.45) is 5.14 Å². The first-order chi connectivity index (χ1) is 12.2. The van der Waals surface area contributed by atoms with Gasteiger partial charge in [0.2, 0.25) is 10.0 Å². The number of carbonyl (C=O) groups is 3. The Labute approximate surface area is 156 Å². The highest BCUT2D eigenvalue weighted by Crippen LogP contribution is 2.24. The number of hydrogen-bond donors (Lipinski definition) is 1. The van der Waals surface area contributed by atoms with Gasteiger partial charge in [-0.25, -0.2) is 23.3 Å². The minimum Gasteiger partial charge on any atom is -0.440 e. The van der Waals surface area contributed by atoms with Crippen molar-refractivity contribution >= 4 is 43.7 Å². The van der Waals surface area contributed by atoms with Crippen molar-refractivity contribution in [1.29, 1.82) is 0 Å². The largest absolute Gasteiger partial charge is 0.440 e. The van der Waals surface area contributed by atoms with Gasteiger partial charge in [0.15, 0.2) is 6.73 Å². The number of nitrogens with zero attached hydrogens (tertiary/aromatic N) is 1. The van der Waals surface area contributed by atoms with E-state index in [2.05, 4.69) is 15.9 Å². The first-order valence-electron chi connectivity index (χ1n) is 7.15. The predicted molar refractivity (Wildman–Crippen MR) is 92.7 cm³/mol. The molecule has 1 aliphatic rings. The molecule has 0 saturated heterocycles. The molecule has 2 amide bonds. The molecule has 0 aromatic heterocycles. The van der Waals surface area contributed by atoms with Crippen molar-refractivity contribution < 1.29 is 27.5 Å². The molecule has 0 radical (unpaired) electrons. The summed E-state index contributed by atoms with van der Waals surface area (Å²) in [4.78, 5) is 37.2. The molecule has 1 aliphatic heterocycles. The van der Waals surface area contributed by atoms with Crippen molar-refractivity contribution in [2.45, 2.75) is 4.90 Å². The molecule has 10 heteroatoms. The number of sulfonamides is 1. The van der Waals surface area contributed by atoms with Crippen molar-refractivity contribution in [3.8, 4) is 0 Å². The van der Waals surface area contributed by atoms with E-state index < -0.39 is 34.5 Å². The maximum absolute atomic E-state index is 12.3. The summed E-state index contributed by atoms with van der Waals surface area (Å²) in [5, 5.41) is 5.04. The van der Waals surface area contributed by atoms with E-state index >= 15 is 0 Å². The lowest BCUT2D eigenvalue weighted by Crippen LogP contribution is -2.33. The van der Waals surface area contributed by atoms with Gasteiger partial charge in [-0.05, 0) is 46.3 Å². The number of amides is 2. The summed E-state index contributed by atoms with van der Waals surface area (Å²) in [7, 11) is -4.01. The van der Waals surface area contributed by atoms with E-state index in [4.69, 9.17) is 9.88 Å². The summed E-state index contributed by atoms with van der Waals surface area (Å²) >= 11 is 3.11. The van der Waals surface area contributed by atoms with Crippen LogP contribution in [-0.4, -0.2) is 37.8 Å². The molecule has 0 bridgehead atoms. The van der Waals surface area contributed by atoms with E-state index in [1.807, 2.05) is 0 Å². The summed E-state index contributed by atoms with van der Waals surface area (Å²) in [5.74, 6) is -2.06. The van der Waals surface area contributed by atoms with Gasteiger partial charge in [-0.1, -0.05) is 12.1 Å². The predicted octanol–water partition coefficient (Wildman–Crippen LogP) is 1.51. The summed E-state index contributed by atoms with van der Waals surface area (Å²) in [6, 6.07) is 9.85. The Balaban J connectivity index is 1.79. The van der Waals surface area contributed by atoms with Crippen LogP contribution in [-0.2, 0) is 14.8 Å². The zero-order valence-corrected chi connectivity index (χ0v) is 15.4. The molecular formula is C16H11BrN2O6S. The summed E-state index contributed by atoms with van der Waals surface area (Å²) in [6.07, 6.45) is 0. The van der Waals surface area contributed by atoms with Crippen LogP contribution >= 0.6 is 15.9 Å². The van der Waals surface area contributed by atoms with Gasteiger partial charge in [0.05, 0.1) is 21.6 Å². The molecule has 2 N–H and O–H groups in total. The van der Waals surface area contributed by atoms with Gasteiger partial charge in [-0.15, -0.1) is 0 Å². The number of ether oxygens (including phenoxy) is 1. The van der Waals surface area contributed by atoms with Gasteiger partial charge in [-0.3, -0.25) is 9.59 Å². The lowest BCUT2D eigenvalue weighted by molar-refractivity contribution is 0.0227. The zero-order chi connectivity index (χ0) is 19.1. The molecule has 0 aliphatic carbocycles. The van der Waals surface area contributed by atoms with Crippen LogP contribution in [0, 0.1) is 0 Å². The van der Waals surface area contributed by atoms with Crippen molar-refractivity contribution in [1.82, 2.24) is 4.90 Å². The molecule has 0 atom stereocenters. The van der Waals surface area contributed by atoms with Gasteiger partial charge in [-0.2, -0.15) is 0 Å². The minimum absolute atomic E-state index is 0.104. The zero-order valence-electron chi connectivity index (χ0n) is 13.0. The third-order valence-electron chi connectivity index (χ3n) is 3.69. The van der Waals surface area contributed by atoms with Crippen molar-refractivity contribution in [2.75, 3.05) is 6.73 Å². The molecule has 3 rings (SSSR count). The normalized spacial score (nSPS) is 13.7. The Bertz CT molecular complexity index is 1020. The summed E-state index contributed by atoms with van der Waals surface area (Å²) in [6.45, 7) is -0.600. The molecule has 0 saturated carbocycles. The van der Waals surface area contributed by atoms with E-state index in [1.165, 1.54) is 24.3 Å². The van der Waals surface area contributed by atoms with Crippen LogP contribution in [0.3, 0.4) is 0 Å². The number of hydrogen-bond acceptors (Lipinski definition) is 6. The number of primary sulfonamides is 1. The number of fused-ring (bicyclic) bond motifs is 1. The SMILES string of the molecule is NS(=O)(=O)c1ccc(Br)c(C(=O)OCN2C(=O)c3ccccc3C2=O)c1. The van der Waals surface area contributed by atoms with Crippen LogP contribution in [0.25, 0.3) is 0 Å². The first kappa shape index (κ1) is 18.2. The second-order valence-electron chi connectivity index (χ2n) is 5.33. The van der Waals surface area contributed by atoms with Crippen LogP contribution < -0.4 is 5.14 Å². The molecule has 2 aromatic rings. The molecule has 1 heterocycles. The number of esters is 1. The molecule has 0 fully saturated rings. The average Bonchev–Trinajstić information content (AvgIpc) is 2.83. The standard InChI is InChI=1S/C16H11BrN2O6S/c17-13-6-5-9(26(18,23)24)7-12(13)16(22)25-8-19-14(20)10-3-1-2-4-11(10)15(19)21/h1-7H,8H2,(H2,18,23,24). The fourth-order valence-electron chi connectivity index (χ4n) is 2.40. The van der Waals surface area contributed by atoms with Crippen LogP contribution in [0.4, 0.5) is 0 Å². The third-order valence-corrected chi connectivity index (χ3v) is 5.29. The quantitative estimate of drug-likeness (QED) is 0.569. The Kier molecular flexibility index (Phi) is 4.65. The van der Waals surface area contributed by atoms with Gasteiger partial charge in [0.25, 0.3) is 11.8 Å². The number of nitrogens with two attached hydrogens (primary N) is 1. The first-order valence-corrected chi connectivity index (χ1v) is 9.49. The van der Waals surface area contributed by atoms with E-state index in [1.54, 1.807) is 12.1 Å². The van der Waals surface area contributed by atoms with Crippen LogP contribution in [0.5, 0.6) is 0 Å². The smallest absolute Gasteiger partial charge is 0.341 e. The van der Waals surface area contributed by atoms with E-state index in [-0.39, 0.29) is 26.1 Å². The van der Waals surface area contributed by atoms with E-state index in [9.17, 15) is 22.8 Å². The second kappa shape index (κ2) is 6.63. The highest BCUT2D eigenvalue weighted by molar-refractivity contribution is 9.10. The van der Waals surface area contributed by atoms with Crippen LogP contribution in [0.1, 0.15) is 31.1 Å². The molecule has 0 unspecified atom stereocenters. The van der Waals surface area contributed by atoms with Crippen molar-refractivity contribution in [3.05, 3.63) is 63.6 Å². The molecule has 0 spiro atoms. The summed E-state index contributed by atoms with van der Waals surface area (Å²) < 4.78 is 28.1. The topological polar surface area (TPSA) is 124 Å². The fourth-order valence-corrected chi connectivity index (χ4v) is 3.34. The second-order valence-corrected chi connectivity index (χ2v) is 7.75. The van der Waals surface area contributed by atoms with E-state index in [0.29, 0.717) is 0 Å². The Morgan fingerprint density at radius 3 is 2.19 bits per heavy atom. The average molecular weight is 439 g/mol. The maximum Gasteiger partial charge on any atom is 0.341 e. The lowest BCUT2D eigenvalue weighted by atomic mass is 10.1. The maximum atomic E-state index is 12.3. The molecule has 2 aromatic carbocycles. The molecule has 134 valence electrons. The lowest BCUT2D eigenvalue weighted by Gasteiger charge is -2.14. The number of carbonyl (C=O) groups excluding carboxylic acids is 3. The van der Waals surface area contributed by atoms with Crippen LogP contribution in [0.2, 0.25) is 0 Å². The highest BCUT2D eigenvalue weighted by atomic mass is 79.9. The van der Waals surface area contributed by atoms with Gasteiger partial charge < -0.3 is 4.74 Å². The van der Waals surface area contributed by atoms with Gasteiger partial charge in [0.1, 0.15) is 0 Å². The van der Waals surface area contributed by atoms with Crippen molar-refractivity contribution in [3.63, 3.8) is 0 Å².